The minimum atomic E-state index is -3.36. The predicted molar refractivity (Wildman–Crippen MR) is 80.7 cm³/mol. The van der Waals surface area contributed by atoms with Crippen molar-refractivity contribution in [2.45, 2.75) is 19.4 Å². The molecule has 0 aliphatic carbocycles. The maximum atomic E-state index is 13.9. The fraction of sp³-hybridized carbons (Fsp3) is 0.333. The van der Waals surface area contributed by atoms with Gasteiger partial charge in [-0.15, -0.1) is 0 Å². The molecule has 0 atom stereocenters. The molecule has 2 rings (SSSR count). The smallest absolute Gasteiger partial charge is 0.361 e. The van der Waals surface area contributed by atoms with Crippen LogP contribution >= 0.6 is 0 Å². The van der Waals surface area contributed by atoms with Crippen molar-refractivity contribution in [2.75, 3.05) is 13.2 Å². The third kappa shape index (κ3) is 5.05. The van der Waals surface area contributed by atoms with Crippen LogP contribution in [0.3, 0.4) is 0 Å². The number of carbonyl (C=O) groups is 1. The van der Waals surface area contributed by atoms with E-state index in [1.54, 1.807) is 6.92 Å². The Morgan fingerprint density at radius 1 is 1.42 bits per heavy atom. The topological polar surface area (TPSA) is 100 Å². The van der Waals surface area contributed by atoms with E-state index in [0.29, 0.717) is 4.73 Å². The number of rotatable bonds is 7. The molecule has 0 aliphatic heterocycles. The number of halogens is 3. The van der Waals surface area contributed by atoms with Gasteiger partial charge in [0.1, 0.15) is 6.54 Å². The van der Waals surface area contributed by atoms with Crippen LogP contribution in [-0.2, 0) is 22.0 Å². The molecule has 0 bridgehead atoms. The van der Waals surface area contributed by atoms with Crippen molar-refractivity contribution in [3.8, 4) is 5.88 Å². The monoisotopic (exact) mass is 434 g/mol. The van der Waals surface area contributed by atoms with Crippen molar-refractivity contribution in [3.05, 3.63) is 52.8 Å². The molecule has 0 saturated carbocycles. The summed E-state index contributed by atoms with van der Waals surface area (Å²) in [6.45, 7) is 0.513. The lowest BCUT2D eigenvalue weighted by Crippen LogP contribution is -3.00. The van der Waals surface area contributed by atoms with Crippen molar-refractivity contribution in [3.63, 3.8) is 0 Å². The lowest BCUT2D eigenvalue weighted by molar-refractivity contribution is -0.885. The standard InChI is InChI=1S/C15H17F2N4O4.BrH/c1-2-24-12(22)9-20-8-6-19-13(14(20)23)25-21-7-4-3-5-11(21)15(16,17)10-18;/h3-8H,2,9-10,18H2,1H3;1H/q+1;/p-1. The summed E-state index contributed by atoms with van der Waals surface area (Å²) < 4.78 is 34.3. The van der Waals surface area contributed by atoms with Crippen LogP contribution in [0.15, 0.2) is 41.6 Å². The molecule has 0 aromatic carbocycles. The van der Waals surface area contributed by atoms with Gasteiger partial charge in [-0.25, -0.2) is 9.82 Å². The third-order valence-corrected chi connectivity index (χ3v) is 3.13. The highest BCUT2D eigenvalue weighted by atomic mass is 79.9. The van der Waals surface area contributed by atoms with Crippen molar-refractivity contribution in [1.29, 1.82) is 0 Å². The van der Waals surface area contributed by atoms with Gasteiger partial charge in [-0.3, -0.25) is 14.2 Å². The number of carbonyl (C=O) groups excluding carboxylic acids is 1. The van der Waals surface area contributed by atoms with Crippen LogP contribution in [0.4, 0.5) is 8.78 Å². The second-order valence-electron chi connectivity index (χ2n) is 4.88. The van der Waals surface area contributed by atoms with Crippen LogP contribution in [-0.4, -0.2) is 28.7 Å². The molecule has 0 unspecified atom stereocenters. The molecule has 0 aliphatic rings. The van der Waals surface area contributed by atoms with Gasteiger partial charge in [0.15, 0.2) is 0 Å². The van der Waals surface area contributed by atoms with Crippen LogP contribution in [0.1, 0.15) is 12.6 Å². The van der Waals surface area contributed by atoms with E-state index in [4.69, 9.17) is 15.3 Å². The van der Waals surface area contributed by atoms with Crippen molar-refractivity contribution in [2.24, 2.45) is 5.73 Å². The summed E-state index contributed by atoms with van der Waals surface area (Å²) in [7, 11) is 0. The number of esters is 1. The van der Waals surface area contributed by atoms with E-state index in [1.807, 2.05) is 0 Å². The van der Waals surface area contributed by atoms with Crippen LogP contribution < -0.4 is 37.8 Å². The van der Waals surface area contributed by atoms with Crippen molar-refractivity contribution >= 4 is 5.97 Å². The Hall–Kier alpha value is -2.40. The molecule has 0 amide bonds. The number of nitrogens with two attached hydrogens (primary N) is 1. The van der Waals surface area contributed by atoms with E-state index in [9.17, 15) is 18.4 Å². The molecular formula is C15H17BrF2N4O4. The Kier molecular flexibility index (Phi) is 7.77. The number of ether oxygens (including phenoxy) is 1. The van der Waals surface area contributed by atoms with E-state index < -0.39 is 35.6 Å². The molecule has 26 heavy (non-hydrogen) atoms. The number of pyridine rings is 1. The zero-order valence-corrected chi connectivity index (χ0v) is 15.4. The number of alkyl halides is 2. The van der Waals surface area contributed by atoms with Crippen molar-refractivity contribution < 1.29 is 44.9 Å². The molecule has 11 heteroatoms. The van der Waals surface area contributed by atoms with Gasteiger partial charge in [0, 0.05) is 29.3 Å². The summed E-state index contributed by atoms with van der Waals surface area (Å²) in [6.07, 6.45) is 3.67. The minimum absolute atomic E-state index is 0. The number of hydrogen-bond acceptors (Lipinski definition) is 6. The first-order valence-corrected chi connectivity index (χ1v) is 7.37. The molecule has 8 nitrogen and oxygen atoms in total. The van der Waals surface area contributed by atoms with Gasteiger partial charge in [-0.1, -0.05) is 0 Å². The number of nitrogens with zero attached hydrogens (tertiary/aromatic N) is 3. The Labute approximate surface area is 157 Å². The van der Waals surface area contributed by atoms with E-state index in [1.165, 1.54) is 30.7 Å². The Morgan fingerprint density at radius 3 is 2.81 bits per heavy atom. The summed E-state index contributed by atoms with van der Waals surface area (Å²) in [5, 5.41) is 0. The molecule has 2 N–H and O–H groups in total. The molecule has 0 saturated heterocycles. The molecule has 0 radical (unpaired) electrons. The molecule has 0 spiro atoms. The second-order valence-corrected chi connectivity index (χ2v) is 4.88. The first kappa shape index (κ1) is 21.6. The first-order valence-electron chi connectivity index (χ1n) is 7.37. The summed E-state index contributed by atoms with van der Waals surface area (Å²) in [5.41, 5.74) is 3.77. The van der Waals surface area contributed by atoms with Gasteiger partial charge in [-0.2, -0.15) is 8.78 Å². The van der Waals surface area contributed by atoms with Gasteiger partial charge < -0.3 is 27.5 Å². The van der Waals surface area contributed by atoms with E-state index in [2.05, 4.69) is 4.98 Å². The molecule has 2 aromatic heterocycles. The summed E-state index contributed by atoms with van der Waals surface area (Å²) in [4.78, 5) is 32.7. The highest BCUT2D eigenvalue weighted by Gasteiger charge is 2.41. The fourth-order valence-electron chi connectivity index (χ4n) is 1.95. The van der Waals surface area contributed by atoms with Gasteiger partial charge in [0.2, 0.25) is 6.20 Å². The SMILES string of the molecule is CCOC(=O)Cn1ccnc(O[n+]2ccccc2C(F)(F)CN)c1=O.[Br-]. The summed E-state index contributed by atoms with van der Waals surface area (Å²) >= 11 is 0. The van der Waals surface area contributed by atoms with Gasteiger partial charge >= 0.3 is 29.0 Å². The summed E-state index contributed by atoms with van der Waals surface area (Å²) in [6, 6.07) is 3.94. The van der Waals surface area contributed by atoms with E-state index in [-0.39, 0.29) is 30.1 Å². The quantitative estimate of drug-likeness (QED) is 0.368. The first-order chi connectivity index (χ1) is 11.9. The molecular weight excluding hydrogens is 418 g/mol. The highest BCUT2D eigenvalue weighted by molar-refractivity contribution is 5.69. The Bertz CT molecular complexity index is 816. The molecule has 2 aromatic rings. The Morgan fingerprint density at radius 2 is 2.15 bits per heavy atom. The molecule has 142 valence electrons. The number of aromatic nitrogens is 3. The van der Waals surface area contributed by atoms with Gasteiger partial charge in [-0.05, 0) is 13.0 Å². The lowest BCUT2D eigenvalue weighted by atomic mass is 10.2. The largest absolute Gasteiger partial charge is 1.00 e. The van der Waals surface area contributed by atoms with Crippen LogP contribution in [0.2, 0.25) is 0 Å². The van der Waals surface area contributed by atoms with Crippen LogP contribution in [0.5, 0.6) is 5.88 Å². The fourth-order valence-corrected chi connectivity index (χ4v) is 1.95. The highest BCUT2D eigenvalue weighted by Crippen LogP contribution is 2.23. The van der Waals surface area contributed by atoms with E-state index in [0.717, 1.165) is 10.6 Å². The van der Waals surface area contributed by atoms with Crippen molar-refractivity contribution in [1.82, 2.24) is 9.55 Å². The predicted octanol–water partition coefficient (Wildman–Crippen LogP) is -3.01. The van der Waals surface area contributed by atoms with Gasteiger partial charge in [0.05, 0.1) is 13.2 Å². The second kappa shape index (κ2) is 9.34. The number of hydrogen-bond donors (Lipinski definition) is 1. The van der Waals surface area contributed by atoms with Crippen LogP contribution in [0, 0.1) is 0 Å². The normalized spacial score (nSPS) is 10.8. The maximum Gasteiger partial charge on any atom is 0.361 e. The minimum Gasteiger partial charge on any atom is -1.00 e. The average molecular weight is 435 g/mol. The summed E-state index contributed by atoms with van der Waals surface area (Å²) in [5.74, 6) is -4.46. The lowest BCUT2D eigenvalue weighted by Gasteiger charge is -2.11. The average Bonchev–Trinajstić information content (AvgIpc) is 2.59. The third-order valence-electron chi connectivity index (χ3n) is 3.13. The molecule has 2 heterocycles. The Balaban J connectivity index is 0.00000338. The van der Waals surface area contributed by atoms with Gasteiger partial charge in [0.25, 0.3) is 0 Å². The zero-order chi connectivity index (χ0) is 18.4. The zero-order valence-electron chi connectivity index (χ0n) is 13.8. The van der Waals surface area contributed by atoms with E-state index >= 15 is 0 Å². The molecule has 0 fully saturated rings. The maximum absolute atomic E-state index is 13.9. The van der Waals surface area contributed by atoms with Crippen LogP contribution in [0.25, 0.3) is 0 Å².